The molecule has 2 aromatic carbocycles. The van der Waals surface area contributed by atoms with Crippen molar-refractivity contribution < 1.29 is 9.90 Å². The molecule has 1 heterocycles. The highest BCUT2D eigenvalue weighted by Gasteiger charge is 2.46. The zero-order valence-corrected chi connectivity index (χ0v) is 14.0. The zero-order chi connectivity index (χ0) is 16.6. The van der Waals surface area contributed by atoms with Gasteiger partial charge in [0.15, 0.2) is 10.8 Å². The Kier molecular flexibility index (Phi) is 4.10. The maximum absolute atomic E-state index is 12.7. The van der Waals surface area contributed by atoms with Crippen molar-refractivity contribution in [2.75, 3.05) is 11.4 Å². The number of carbonyl (C=O) groups excluding carboxylic acids is 1. The van der Waals surface area contributed by atoms with E-state index in [9.17, 15) is 9.90 Å². The van der Waals surface area contributed by atoms with E-state index in [2.05, 4.69) is 0 Å². The highest BCUT2D eigenvalue weighted by atomic mass is 35.5. The van der Waals surface area contributed by atoms with Crippen LogP contribution in [0.15, 0.2) is 54.6 Å². The number of anilines is 1. The summed E-state index contributed by atoms with van der Waals surface area (Å²) in [5, 5.41) is 11.6. The van der Waals surface area contributed by atoms with Crippen molar-refractivity contribution in [1.82, 2.24) is 4.90 Å². The fraction of sp³-hybridized carbons (Fsp3) is 0.176. The van der Waals surface area contributed by atoms with Crippen LogP contribution in [0.3, 0.4) is 0 Å². The molecule has 1 aliphatic rings. The lowest BCUT2D eigenvalue weighted by Crippen LogP contribution is -2.44. The number of halogens is 1. The van der Waals surface area contributed by atoms with Crippen LogP contribution in [0.1, 0.15) is 17.3 Å². The van der Waals surface area contributed by atoms with Gasteiger partial charge in [-0.15, -0.1) is 0 Å². The number of amides is 1. The Morgan fingerprint density at radius 2 is 1.78 bits per heavy atom. The van der Waals surface area contributed by atoms with Crippen LogP contribution in [0.4, 0.5) is 5.69 Å². The molecule has 0 spiro atoms. The highest BCUT2D eigenvalue weighted by Crippen LogP contribution is 2.32. The maximum atomic E-state index is 12.7. The molecule has 4 nitrogen and oxygen atoms in total. The quantitative estimate of drug-likeness (QED) is 0.847. The van der Waals surface area contributed by atoms with Crippen LogP contribution in [-0.2, 0) is 0 Å². The first kappa shape index (κ1) is 15.9. The first-order valence-electron chi connectivity index (χ1n) is 7.09. The molecule has 1 atom stereocenters. The molecule has 2 aromatic rings. The number of hydrogen-bond donors (Lipinski definition) is 1. The molecule has 118 valence electrons. The van der Waals surface area contributed by atoms with Crippen LogP contribution < -0.4 is 4.90 Å². The molecule has 0 aromatic heterocycles. The van der Waals surface area contributed by atoms with E-state index in [4.69, 9.17) is 23.8 Å². The number of thiocarbonyl (C=S) groups is 1. The Balaban J connectivity index is 1.93. The SMILES string of the molecule is CC1(O)CN(C(=O)c2ccccc2)C(=S)N1c1ccc(Cl)cc1. The van der Waals surface area contributed by atoms with Crippen LogP contribution in [0.2, 0.25) is 5.02 Å². The number of rotatable bonds is 2. The lowest BCUT2D eigenvalue weighted by Gasteiger charge is -2.29. The number of aliphatic hydroxyl groups is 1. The largest absolute Gasteiger partial charge is 0.369 e. The van der Waals surface area contributed by atoms with Crippen LogP contribution in [-0.4, -0.2) is 33.3 Å². The van der Waals surface area contributed by atoms with Crippen LogP contribution in [0.5, 0.6) is 0 Å². The fourth-order valence-corrected chi connectivity index (χ4v) is 3.21. The van der Waals surface area contributed by atoms with Crippen molar-refractivity contribution in [3.05, 3.63) is 65.2 Å². The molecule has 1 amide bonds. The van der Waals surface area contributed by atoms with Gasteiger partial charge >= 0.3 is 0 Å². The van der Waals surface area contributed by atoms with E-state index in [1.807, 2.05) is 6.07 Å². The van der Waals surface area contributed by atoms with Gasteiger partial charge in [-0.1, -0.05) is 29.8 Å². The summed E-state index contributed by atoms with van der Waals surface area (Å²) in [5.41, 5.74) is -0.0635. The lowest BCUT2D eigenvalue weighted by atomic mass is 10.2. The maximum Gasteiger partial charge on any atom is 0.260 e. The van der Waals surface area contributed by atoms with Crippen LogP contribution in [0.25, 0.3) is 0 Å². The van der Waals surface area contributed by atoms with E-state index in [1.54, 1.807) is 60.4 Å². The summed E-state index contributed by atoms with van der Waals surface area (Å²) in [6, 6.07) is 15.8. The predicted octanol–water partition coefficient (Wildman–Crippen LogP) is 3.30. The zero-order valence-electron chi connectivity index (χ0n) is 12.4. The van der Waals surface area contributed by atoms with Gasteiger partial charge in [-0.2, -0.15) is 0 Å². The first-order valence-corrected chi connectivity index (χ1v) is 7.88. The Hall–Kier alpha value is -1.95. The van der Waals surface area contributed by atoms with Gasteiger partial charge in [0.1, 0.15) is 0 Å². The van der Waals surface area contributed by atoms with Crippen LogP contribution >= 0.6 is 23.8 Å². The summed E-state index contributed by atoms with van der Waals surface area (Å²) >= 11 is 11.3. The molecule has 23 heavy (non-hydrogen) atoms. The second-order valence-corrected chi connectivity index (χ2v) is 6.37. The van der Waals surface area contributed by atoms with E-state index >= 15 is 0 Å². The third kappa shape index (κ3) is 2.95. The van der Waals surface area contributed by atoms with E-state index in [-0.39, 0.29) is 17.6 Å². The van der Waals surface area contributed by atoms with Gasteiger partial charge in [0, 0.05) is 16.3 Å². The minimum Gasteiger partial charge on any atom is -0.369 e. The summed E-state index contributed by atoms with van der Waals surface area (Å²) in [7, 11) is 0. The Bertz CT molecular complexity index is 747. The topological polar surface area (TPSA) is 43.8 Å². The number of carbonyl (C=O) groups is 1. The van der Waals surface area contributed by atoms with Crippen molar-refractivity contribution in [2.45, 2.75) is 12.6 Å². The molecule has 0 bridgehead atoms. The number of benzene rings is 2. The average molecular weight is 347 g/mol. The van der Waals surface area contributed by atoms with E-state index in [0.29, 0.717) is 16.3 Å². The molecule has 1 saturated heterocycles. The van der Waals surface area contributed by atoms with Gasteiger partial charge in [-0.3, -0.25) is 14.6 Å². The fourth-order valence-electron chi connectivity index (χ4n) is 2.64. The van der Waals surface area contributed by atoms with Crippen LogP contribution in [0, 0.1) is 0 Å². The molecule has 6 heteroatoms. The molecule has 1 fully saturated rings. The van der Waals surface area contributed by atoms with Gasteiger partial charge in [0.25, 0.3) is 5.91 Å². The van der Waals surface area contributed by atoms with Crippen molar-refractivity contribution >= 4 is 40.5 Å². The number of nitrogens with zero attached hydrogens (tertiary/aromatic N) is 2. The predicted molar refractivity (Wildman–Crippen MR) is 94.6 cm³/mol. The highest BCUT2D eigenvalue weighted by molar-refractivity contribution is 7.80. The van der Waals surface area contributed by atoms with Gasteiger partial charge in [-0.05, 0) is 55.5 Å². The Morgan fingerprint density at radius 3 is 2.39 bits per heavy atom. The Labute approximate surface area is 144 Å². The third-order valence-electron chi connectivity index (χ3n) is 3.71. The number of hydrogen-bond acceptors (Lipinski definition) is 3. The minimum absolute atomic E-state index is 0.0994. The molecule has 1 N–H and O–H groups in total. The molecular weight excluding hydrogens is 332 g/mol. The monoisotopic (exact) mass is 346 g/mol. The summed E-state index contributed by atoms with van der Waals surface area (Å²) in [6.45, 7) is 1.73. The molecule has 0 radical (unpaired) electrons. The Morgan fingerprint density at radius 1 is 1.17 bits per heavy atom. The molecule has 0 saturated carbocycles. The average Bonchev–Trinajstić information content (AvgIpc) is 2.78. The van der Waals surface area contributed by atoms with Crippen molar-refractivity contribution in [1.29, 1.82) is 0 Å². The van der Waals surface area contributed by atoms with Gasteiger partial charge in [-0.25, -0.2) is 0 Å². The molecule has 1 unspecified atom stereocenters. The molecular formula is C17H15ClN2O2S. The van der Waals surface area contributed by atoms with Gasteiger partial charge in [0.2, 0.25) is 0 Å². The smallest absolute Gasteiger partial charge is 0.260 e. The standard InChI is InChI=1S/C17H15ClN2O2S/c1-17(22)11-19(15(21)12-5-3-2-4-6-12)16(23)20(17)14-9-7-13(18)8-10-14/h2-10,22H,11H2,1H3. The van der Waals surface area contributed by atoms with Gasteiger partial charge < -0.3 is 5.11 Å². The van der Waals surface area contributed by atoms with Crippen molar-refractivity contribution in [3.63, 3.8) is 0 Å². The van der Waals surface area contributed by atoms with E-state index < -0.39 is 5.72 Å². The first-order chi connectivity index (χ1) is 10.9. The number of β-amino-alcohol motifs (C(OH)–C–C–N with tert-alkyl or cyclic N) is 1. The molecule has 0 aliphatic carbocycles. The molecule has 3 rings (SSSR count). The van der Waals surface area contributed by atoms with Gasteiger partial charge in [0.05, 0.1) is 6.54 Å². The third-order valence-corrected chi connectivity index (χ3v) is 4.37. The summed E-state index contributed by atoms with van der Waals surface area (Å²) in [5.74, 6) is -0.229. The summed E-state index contributed by atoms with van der Waals surface area (Å²) < 4.78 is 0. The second-order valence-electron chi connectivity index (χ2n) is 5.57. The van der Waals surface area contributed by atoms with E-state index in [0.717, 1.165) is 0 Å². The molecule has 1 aliphatic heterocycles. The second kappa shape index (κ2) is 5.92. The summed E-state index contributed by atoms with van der Waals surface area (Å²) in [6.07, 6.45) is 0. The van der Waals surface area contributed by atoms with Crippen molar-refractivity contribution in [2.24, 2.45) is 0 Å². The van der Waals surface area contributed by atoms with E-state index in [1.165, 1.54) is 4.90 Å². The van der Waals surface area contributed by atoms with Crippen molar-refractivity contribution in [3.8, 4) is 0 Å². The normalized spacial score (nSPS) is 20.9. The minimum atomic E-state index is -1.28. The lowest BCUT2D eigenvalue weighted by molar-refractivity contribution is 0.0588. The summed E-state index contributed by atoms with van der Waals surface area (Å²) in [4.78, 5) is 15.6.